The number of aliphatic carboxylic acids is 1. The van der Waals surface area contributed by atoms with Gasteiger partial charge in [0, 0.05) is 0 Å². The molecule has 0 aliphatic rings. The summed E-state index contributed by atoms with van der Waals surface area (Å²) < 4.78 is 96.9. The van der Waals surface area contributed by atoms with E-state index in [1.54, 1.807) is 0 Å². The third kappa shape index (κ3) is 3.41. The van der Waals surface area contributed by atoms with Gasteiger partial charge in [-0.1, -0.05) is 0 Å². The van der Waals surface area contributed by atoms with E-state index in [0.717, 1.165) is 0 Å². The van der Waals surface area contributed by atoms with Gasteiger partial charge in [-0.15, -0.1) is 0 Å². The summed E-state index contributed by atoms with van der Waals surface area (Å²) in [5.74, 6) is -13.5. The minimum atomic E-state index is -6.37. The van der Waals surface area contributed by atoms with Gasteiger partial charge in [0.2, 0.25) is 5.92 Å². The smallest absolute Gasteiger partial charge is 0.406 e. The van der Waals surface area contributed by atoms with Crippen molar-refractivity contribution in [2.75, 3.05) is 0 Å². The van der Waals surface area contributed by atoms with E-state index in [4.69, 9.17) is 5.11 Å². The van der Waals surface area contributed by atoms with Crippen LogP contribution in [0.25, 0.3) is 0 Å². The minimum Gasteiger partial charge on any atom is -0.480 e. The summed E-state index contributed by atoms with van der Waals surface area (Å²) in [5, 5.41) is 7.96. The summed E-state index contributed by atoms with van der Waals surface area (Å²) in [6.07, 6.45) is -12.7. The Balaban J connectivity index is 5.56. The number of hydrogen-bond donors (Lipinski definition) is 2. The van der Waals surface area contributed by atoms with E-state index in [0.29, 0.717) is 0 Å². The van der Waals surface area contributed by atoms with Crippen molar-refractivity contribution in [2.24, 2.45) is 11.7 Å². The van der Waals surface area contributed by atoms with Crippen LogP contribution in [-0.4, -0.2) is 35.4 Å². The summed E-state index contributed by atoms with van der Waals surface area (Å²) in [6, 6.07) is -3.62. The lowest BCUT2D eigenvalue weighted by atomic mass is 9.94. The number of nitrogens with two attached hydrogens (primary N) is 1. The van der Waals surface area contributed by atoms with Crippen LogP contribution >= 0.6 is 0 Å². The maximum atomic E-state index is 12.8. The number of carboxylic acids is 1. The number of carboxylic acid groups (broad SMARTS) is 1. The predicted octanol–water partition coefficient (Wildman–Crippen LogP) is 1.77. The van der Waals surface area contributed by atoms with Crippen LogP contribution in [0.2, 0.25) is 0 Å². The van der Waals surface area contributed by atoms with Crippen LogP contribution in [0.5, 0.6) is 0 Å². The number of hydrogen-bond acceptors (Lipinski definition) is 2. The van der Waals surface area contributed by atoms with Crippen LogP contribution in [0.1, 0.15) is 0 Å². The molecule has 0 aliphatic carbocycles. The van der Waals surface area contributed by atoms with Gasteiger partial charge < -0.3 is 10.8 Å². The molecule has 0 amide bonds. The highest BCUT2D eigenvalue weighted by Gasteiger charge is 2.71. The zero-order valence-corrected chi connectivity index (χ0v) is 7.61. The Hall–Kier alpha value is -1.13. The van der Waals surface area contributed by atoms with Crippen molar-refractivity contribution < 1.29 is 45.0 Å². The molecule has 0 aromatic carbocycles. The Morgan fingerprint density at radius 3 is 1.41 bits per heavy atom. The first-order valence-electron chi connectivity index (χ1n) is 3.72. The molecular formula is C6H5F8NO2. The van der Waals surface area contributed by atoms with Gasteiger partial charge in [-0.2, -0.15) is 26.3 Å². The Kier molecular flexibility index (Phi) is 3.99. The Morgan fingerprint density at radius 1 is 0.941 bits per heavy atom. The van der Waals surface area contributed by atoms with Gasteiger partial charge in [-0.3, -0.25) is 4.79 Å². The molecule has 1 atom stereocenters. The predicted molar refractivity (Wildman–Crippen MR) is 36.2 cm³/mol. The van der Waals surface area contributed by atoms with Crippen LogP contribution < -0.4 is 5.73 Å². The Labute approximate surface area is 88.2 Å². The fraction of sp³-hybridized carbons (Fsp3) is 0.833. The van der Waals surface area contributed by atoms with Crippen molar-refractivity contribution in [3.63, 3.8) is 0 Å². The lowest BCUT2D eigenvalue weighted by Gasteiger charge is -2.32. The number of rotatable bonds is 3. The van der Waals surface area contributed by atoms with Crippen molar-refractivity contribution in [1.29, 1.82) is 0 Å². The molecule has 0 radical (unpaired) electrons. The van der Waals surface area contributed by atoms with Crippen LogP contribution in [0, 0.1) is 5.92 Å². The van der Waals surface area contributed by atoms with Gasteiger partial charge >= 0.3 is 18.3 Å². The molecule has 3 N–H and O–H groups in total. The summed E-state index contributed by atoms with van der Waals surface area (Å²) in [4.78, 5) is 9.96. The summed E-state index contributed by atoms with van der Waals surface area (Å²) >= 11 is 0. The zero-order valence-electron chi connectivity index (χ0n) is 7.61. The van der Waals surface area contributed by atoms with Crippen LogP contribution in [0.4, 0.5) is 35.1 Å². The lowest BCUT2D eigenvalue weighted by molar-refractivity contribution is -0.339. The number of halogens is 8. The van der Waals surface area contributed by atoms with E-state index in [9.17, 15) is 39.9 Å². The highest BCUT2D eigenvalue weighted by Crippen LogP contribution is 2.48. The molecule has 0 aliphatic heterocycles. The fourth-order valence-electron chi connectivity index (χ4n) is 0.966. The number of carbonyl (C=O) groups is 1. The van der Waals surface area contributed by atoms with Crippen molar-refractivity contribution in [1.82, 2.24) is 0 Å². The molecule has 0 aromatic rings. The summed E-state index contributed by atoms with van der Waals surface area (Å²) in [5.41, 5.74) is 4.14. The van der Waals surface area contributed by atoms with Crippen LogP contribution in [0.15, 0.2) is 0 Å². The maximum Gasteiger partial charge on any atom is 0.406 e. The molecule has 17 heavy (non-hydrogen) atoms. The molecule has 0 heterocycles. The van der Waals surface area contributed by atoms with Gasteiger partial charge in [-0.05, 0) is 0 Å². The molecule has 0 fully saturated rings. The van der Waals surface area contributed by atoms with Crippen LogP contribution in [0.3, 0.4) is 0 Å². The standard InChI is InChI=1S/C6H5F8NO2/c7-4(8,1(15)2(16)17)3(5(9,10)11)6(12,13)14/h1,3H,15H2,(H,16,17)/t1-/m1/s1. The van der Waals surface area contributed by atoms with Crippen molar-refractivity contribution in [3.05, 3.63) is 0 Å². The van der Waals surface area contributed by atoms with Gasteiger partial charge in [0.25, 0.3) is 5.92 Å². The highest BCUT2D eigenvalue weighted by atomic mass is 19.4. The molecule has 0 bridgehead atoms. The van der Waals surface area contributed by atoms with E-state index in [2.05, 4.69) is 5.73 Å². The molecule has 11 heteroatoms. The number of alkyl halides is 8. The largest absolute Gasteiger partial charge is 0.480 e. The quantitative estimate of drug-likeness (QED) is 0.771. The first kappa shape index (κ1) is 15.9. The SMILES string of the molecule is N[C@H](C(=O)O)C(F)(F)C(C(F)(F)F)C(F)(F)F. The molecule has 0 rings (SSSR count). The third-order valence-corrected chi connectivity index (χ3v) is 1.72. The molecule has 0 unspecified atom stereocenters. The molecule has 0 aromatic heterocycles. The minimum absolute atomic E-state index is 2.67. The monoisotopic (exact) mass is 275 g/mol. The van der Waals surface area contributed by atoms with Crippen molar-refractivity contribution in [2.45, 2.75) is 24.3 Å². The molecule has 102 valence electrons. The van der Waals surface area contributed by atoms with E-state index in [-0.39, 0.29) is 0 Å². The van der Waals surface area contributed by atoms with E-state index >= 15 is 0 Å². The topological polar surface area (TPSA) is 63.3 Å². The van der Waals surface area contributed by atoms with Gasteiger partial charge in [0.05, 0.1) is 0 Å². The first-order valence-corrected chi connectivity index (χ1v) is 3.72. The second kappa shape index (κ2) is 4.27. The molecule has 0 spiro atoms. The van der Waals surface area contributed by atoms with Gasteiger partial charge in [0.1, 0.15) is 0 Å². The average Bonchev–Trinajstić information content (AvgIpc) is 1.95. The fourth-order valence-corrected chi connectivity index (χ4v) is 0.966. The summed E-state index contributed by atoms with van der Waals surface area (Å²) in [6.45, 7) is 0. The van der Waals surface area contributed by atoms with E-state index in [1.807, 2.05) is 0 Å². The van der Waals surface area contributed by atoms with Crippen LogP contribution in [-0.2, 0) is 4.79 Å². The first-order chi connectivity index (χ1) is 7.22. The molecule has 0 saturated carbocycles. The average molecular weight is 275 g/mol. The molecular weight excluding hydrogens is 270 g/mol. The van der Waals surface area contributed by atoms with Crippen molar-refractivity contribution >= 4 is 5.97 Å². The highest BCUT2D eigenvalue weighted by molar-refractivity contribution is 5.74. The second-order valence-electron chi connectivity index (χ2n) is 3.01. The maximum absolute atomic E-state index is 12.8. The Morgan fingerprint density at radius 2 is 1.24 bits per heavy atom. The van der Waals surface area contributed by atoms with Gasteiger partial charge in [-0.25, -0.2) is 8.78 Å². The van der Waals surface area contributed by atoms with E-state index < -0.39 is 36.2 Å². The van der Waals surface area contributed by atoms with Crippen molar-refractivity contribution in [3.8, 4) is 0 Å². The molecule has 0 saturated heterocycles. The van der Waals surface area contributed by atoms with Gasteiger partial charge in [0.15, 0.2) is 6.04 Å². The normalized spacial score (nSPS) is 16.1. The zero-order chi connectivity index (χ0) is 14.2. The third-order valence-electron chi connectivity index (χ3n) is 1.72. The Bertz CT molecular complexity index is 281. The lowest BCUT2D eigenvalue weighted by Crippen LogP contribution is -2.59. The van der Waals surface area contributed by atoms with E-state index in [1.165, 1.54) is 0 Å². The summed E-state index contributed by atoms with van der Waals surface area (Å²) in [7, 11) is 0. The molecule has 3 nitrogen and oxygen atoms in total. The second-order valence-corrected chi connectivity index (χ2v) is 3.01.